The molecule has 1 aliphatic rings. The number of hydrogen-bond acceptors (Lipinski definition) is 5. The predicted octanol–water partition coefficient (Wildman–Crippen LogP) is 4.71. The fourth-order valence-corrected chi connectivity index (χ4v) is 3.62. The van der Waals surface area contributed by atoms with Crippen molar-refractivity contribution in [2.75, 3.05) is 5.32 Å². The number of carbonyl (C=O) groups excluding carboxylic acids is 1. The average molecular weight is 412 g/mol. The molecule has 0 aliphatic heterocycles. The van der Waals surface area contributed by atoms with E-state index in [0.717, 1.165) is 35.6 Å². The van der Waals surface area contributed by atoms with Crippen LogP contribution in [0.1, 0.15) is 43.1 Å². The zero-order chi connectivity index (χ0) is 21.4. The van der Waals surface area contributed by atoms with Gasteiger partial charge in [-0.25, -0.2) is 15.0 Å². The molecule has 0 spiro atoms. The molecule has 0 saturated heterocycles. The number of imidazole rings is 1. The first-order valence-electron chi connectivity index (χ1n) is 10.6. The van der Waals surface area contributed by atoms with Crippen molar-refractivity contribution < 1.29 is 4.79 Å². The van der Waals surface area contributed by atoms with Crippen molar-refractivity contribution in [1.82, 2.24) is 24.8 Å². The molecule has 1 aliphatic carbocycles. The average Bonchev–Trinajstić information content (AvgIpc) is 3.50. The molecule has 2 aromatic heterocycles. The summed E-state index contributed by atoms with van der Waals surface area (Å²) in [6.07, 6.45) is 3.70. The van der Waals surface area contributed by atoms with Crippen molar-refractivity contribution in [3.8, 4) is 11.4 Å². The highest BCUT2D eigenvalue weighted by Gasteiger charge is 2.24. The smallest absolute Gasteiger partial charge is 0.251 e. The minimum absolute atomic E-state index is 0.0216. The standard InChI is InChI=1S/C24H24N6O/c1-15(2)30-22(16-8-10-17(11-9-16)24(31)28-19-12-13-19)29-20-21(25-14-26-23(20)30)27-18-6-4-3-5-7-18/h3-11,14-15,19H,12-13H2,1-2H3,(H,28,31)(H,25,26,27). The van der Waals surface area contributed by atoms with Crippen molar-refractivity contribution in [3.05, 3.63) is 66.5 Å². The van der Waals surface area contributed by atoms with E-state index in [4.69, 9.17) is 4.98 Å². The summed E-state index contributed by atoms with van der Waals surface area (Å²) in [5.41, 5.74) is 4.02. The van der Waals surface area contributed by atoms with Crippen LogP contribution >= 0.6 is 0 Å². The van der Waals surface area contributed by atoms with Gasteiger partial charge in [-0.05, 0) is 51.0 Å². The molecule has 1 amide bonds. The Bertz CT molecular complexity index is 1230. The number of nitrogens with one attached hydrogen (secondary N) is 2. The molecule has 5 rings (SSSR count). The maximum absolute atomic E-state index is 12.3. The highest BCUT2D eigenvalue weighted by atomic mass is 16.1. The van der Waals surface area contributed by atoms with Crippen LogP contribution in [0.4, 0.5) is 11.5 Å². The van der Waals surface area contributed by atoms with Gasteiger partial charge in [0.2, 0.25) is 0 Å². The maximum Gasteiger partial charge on any atom is 0.251 e. The number of hydrogen-bond donors (Lipinski definition) is 2. The zero-order valence-electron chi connectivity index (χ0n) is 17.5. The molecule has 0 atom stereocenters. The highest BCUT2D eigenvalue weighted by molar-refractivity contribution is 5.95. The van der Waals surface area contributed by atoms with Crippen LogP contribution in [0, 0.1) is 0 Å². The summed E-state index contributed by atoms with van der Waals surface area (Å²) in [7, 11) is 0. The van der Waals surface area contributed by atoms with Crippen LogP contribution in [0.25, 0.3) is 22.6 Å². The van der Waals surface area contributed by atoms with Gasteiger partial charge in [0, 0.05) is 28.9 Å². The van der Waals surface area contributed by atoms with Gasteiger partial charge in [0.25, 0.3) is 5.91 Å². The molecule has 1 saturated carbocycles. The van der Waals surface area contributed by atoms with Gasteiger partial charge < -0.3 is 15.2 Å². The van der Waals surface area contributed by atoms with Crippen molar-refractivity contribution in [1.29, 1.82) is 0 Å². The normalized spacial score (nSPS) is 13.5. The number of aromatic nitrogens is 4. The maximum atomic E-state index is 12.3. The van der Waals surface area contributed by atoms with Gasteiger partial charge >= 0.3 is 0 Å². The Kier molecular flexibility index (Phi) is 4.86. The first-order valence-corrected chi connectivity index (χ1v) is 10.6. The van der Waals surface area contributed by atoms with Crippen LogP contribution in [-0.2, 0) is 0 Å². The monoisotopic (exact) mass is 412 g/mol. The van der Waals surface area contributed by atoms with Gasteiger partial charge in [0.15, 0.2) is 17.0 Å². The van der Waals surface area contributed by atoms with Crippen LogP contribution in [0.2, 0.25) is 0 Å². The number of anilines is 2. The molecular formula is C24H24N6O. The van der Waals surface area contributed by atoms with E-state index in [-0.39, 0.29) is 11.9 Å². The zero-order valence-corrected chi connectivity index (χ0v) is 17.5. The number of fused-ring (bicyclic) bond motifs is 1. The number of rotatable bonds is 6. The van der Waals surface area contributed by atoms with Gasteiger partial charge in [-0.15, -0.1) is 0 Å². The van der Waals surface area contributed by atoms with E-state index >= 15 is 0 Å². The van der Waals surface area contributed by atoms with Crippen molar-refractivity contribution in [2.24, 2.45) is 0 Å². The minimum Gasteiger partial charge on any atom is -0.349 e. The van der Waals surface area contributed by atoms with E-state index in [0.29, 0.717) is 22.9 Å². The molecule has 156 valence electrons. The highest BCUT2D eigenvalue weighted by Crippen LogP contribution is 2.31. The van der Waals surface area contributed by atoms with Crippen LogP contribution in [-0.4, -0.2) is 31.5 Å². The van der Waals surface area contributed by atoms with E-state index in [1.807, 2.05) is 54.6 Å². The second-order valence-electron chi connectivity index (χ2n) is 8.11. The van der Waals surface area contributed by atoms with Crippen LogP contribution in [0.3, 0.4) is 0 Å². The first-order chi connectivity index (χ1) is 15.1. The predicted molar refractivity (Wildman–Crippen MR) is 121 cm³/mol. The quantitative estimate of drug-likeness (QED) is 0.479. The third-order valence-electron chi connectivity index (χ3n) is 5.35. The largest absolute Gasteiger partial charge is 0.349 e. The van der Waals surface area contributed by atoms with Crippen LogP contribution < -0.4 is 10.6 Å². The number of amides is 1. The number of benzene rings is 2. The Morgan fingerprint density at radius 1 is 1.03 bits per heavy atom. The fraction of sp³-hybridized carbons (Fsp3) is 0.250. The molecule has 0 radical (unpaired) electrons. The lowest BCUT2D eigenvalue weighted by atomic mass is 10.1. The topological polar surface area (TPSA) is 84.7 Å². The Labute approximate surface area is 180 Å². The van der Waals surface area contributed by atoms with E-state index in [1.54, 1.807) is 6.33 Å². The second kappa shape index (κ2) is 7.83. The molecular weight excluding hydrogens is 388 g/mol. The van der Waals surface area contributed by atoms with E-state index in [1.165, 1.54) is 0 Å². The van der Waals surface area contributed by atoms with E-state index in [9.17, 15) is 4.79 Å². The second-order valence-corrected chi connectivity index (χ2v) is 8.11. The van der Waals surface area contributed by atoms with E-state index < -0.39 is 0 Å². The van der Waals surface area contributed by atoms with Gasteiger partial charge in [-0.3, -0.25) is 4.79 Å². The molecule has 7 nitrogen and oxygen atoms in total. The molecule has 31 heavy (non-hydrogen) atoms. The number of carbonyl (C=O) groups is 1. The lowest BCUT2D eigenvalue weighted by Gasteiger charge is -2.13. The van der Waals surface area contributed by atoms with Crippen molar-refractivity contribution in [3.63, 3.8) is 0 Å². The van der Waals surface area contributed by atoms with Crippen LogP contribution in [0.5, 0.6) is 0 Å². The van der Waals surface area contributed by atoms with Gasteiger partial charge in [0.05, 0.1) is 0 Å². The molecule has 0 bridgehead atoms. The molecule has 7 heteroatoms. The van der Waals surface area contributed by atoms with Crippen LogP contribution in [0.15, 0.2) is 60.9 Å². The summed E-state index contributed by atoms with van der Waals surface area (Å²) in [6, 6.07) is 18.0. The minimum atomic E-state index is -0.0216. The SMILES string of the molecule is CC(C)n1c(-c2ccc(C(=O)NC3CC3)cc2)nc2c(Nc3ccccc3)ncnc21. The molecule has 2 heterocycles. The third kappa shape index (κ3) is 3.86. The fourth-order valence-electron chi connectivity index (χ4n) is 3.62. The molecule has 2 N–H and O–H groups in total. The Hall–Kier alpha value is -3.74. The summed E-state index contributed by atoms with van der Waals surface area (Å²) in [5.74, 6) is 1.44. The molecule has 2 aromatic carbocycles. The molecule has 4 aromatic rings. The number of nitrogens with zero attached hydrogens (tertiary/aromatic N) is 4. The van der Waals surface area contributed by atoms with Gasteiger partial charge in [-0.1, -0.05) is 30.3 Å². The summed E-state index contributed by atoms with van der Waals surface area (Å²) >= 11 is 0. The number of para-hydroxylation sites is 1. The van der Waals surface area contributed by atoms with Crippen molar-refractivity contribution in [2.45, 2.75) is 38.8 Å². The van der Waals surface area contributed by atoms with Gasteiger partial charge in [0.1, 0.15) is 12.2 Å². The van der Waals surface area contributed by atoms with Crippen molar-refractivity contribution >= 4 is 28.6 Å². The van der Waals surface area contributed by atoms with E-state index in [2.05, 4.69) is 39.0 Å². The molecule has 1 fully saturated rings. The Morgan fingerprint density at radius 3 is 2.45 bits per heavy atom. The third-order valence-corrected chi connectivity index (χ3v) is 5.35. The lowest BCUT2D eigenvalue weighted by molar-refractivity contribution is 0.0951. The summed E-state index contributed by atoms with van der Waals surface area (Å²) in [5, 5.41) is 6.37. The Morgan fingerprint density at radius 2 is 1.77 bits per heavy atom. The molecule has 0 unspecified atom stereocenters. The lowest BCUT2D eigenvalue weighted by Crippen LogP contribution is -2.25. The first kappa shape index (κ1) is 19.2. The van der Waals surface area contributed by atoms with Gasteiger partial charge in [-0.2, -0.15) is 0 Å². The summed E-state index contributed by atoms with van der Waals surface area (Å²) in [4.78, 5) is 26.2. The summed E-state index contributed by atoms with van der Waals surface area (Å²) < 4.78 is 2.10. The Balaban J connectivity index is 1.54. The summed E-state index contributed by atoms with van der Waals surface area (Å²) in [6.45, 7) is 4.21.